The Bertz CT molecular complexity index is 386. The standard InChI is InChI=1S/C13H26N2O2S2/c1-3-14-9-11-5-6-12(11)15-7-8-18-10-13(15)19(16,17)4-2/h11-14H,3-10H2,1-2H3. The minimum absolute atomic E-state index is 0.245. The first-order valence-corrected chi connectivity index (χ1v) is 10.2. The van der Waals surface area contributed by atoms with Crippen LogP contribution in [0.25, 0.3) is 0 Å². The molecule has 6 heteroatoms. The summed E-state index contributed by atoms with van der Waals surface area (Å²) in [5, 5.41) is 3.16. The molecule has 1 aliphatic carbocycles. The lowest BCUT2D eigenvalue weighted by Crippen LogP contribution is -2.59. The lowest BCUT2D eigenvalue weighted by molar-refractivity contribution is 0.0588. The van der Waals surface area contributed by atoms with Crippen LogP contribution in [-0.4, -0.2) is 61.6 Å². The van der Waals surface area contributed by atoms with Gasteiger partial charge in [0.1, 0.15) is 5.37 Å². The molecule has 0 spiro atoms. The third kappa shape index (κ3) is 3.46. The molecule has 0 aromatic carbocycles. The van der Waals surface area contributed by atoms with Gasteiger partial charge in [0.2, 0.25) is 0 Å². The third-order valence-corrected chi connectivity index (χ3v) is 7.71. The van der Waals surface area contributed by atoms with E-state index in [2.05, 4.69) is 17.1 Å². The largest absolute Gasteiger partial charge is 0.317 e. The van der Waals surface area contributed by atoms with E-state index >= 15 is 0 Å². The van der Waals surface area contributed by atoms with Gasteiger partial charge in [0.05, 0.1) is 0 Å². The fourth-order valence-electron chi connectivity index (χ4n) is 3.03. The van der Waals surface area contributed by atoms with Crippen LogP contribution in [-0.2, 0) is 9.84 Å². The summed E-state index contributed by atoms with van der Waals surface area (Å²) < 4.78 is 24.5. The van der Waals surface area contributed by atoms with Crippen LogP contribution in [0.3, 0.4) is 0 Å². The molecule has 0 aromatic rings. The molecule has 3 unspecified atom stereocenters. The highest BCUT2D eigenvalue weighted by molar-refractivity contribution is 8.01. The quantitative estimate of drug-likeness (QED) is 0.799. The van der Waals surface area contributed by atoms with E-state index in [9.17, 15) is 8.42 Å². The van der Waals surface area contributed by atoms with Crippen LogP contribution in [0, 0.1) is 5.92 Å². The molecule has 0 bridgehead atoms. The van der Waals surface area contributed by atoms with Crippen LogP contribution in [0.4, 0.5) is 0 Å². The van der Waals surface area contributed by atoms with Crippen LogP contribution in [0.1, 0.15) is 26.7 Å². The molecule has 2 rings (SSSR count). The highest BCUT2D eigenvalue weighted by atomic mass is 32.2. The number of hydrogen-bond acceptors (Lipinski definition) is 5. The van der Waals surface area contributed by atoms with Gasteiger partial charge in [-0.25, -0.2) is 8.42 Å². The fraction of sp³-hybridized carbons (Fsp3) is 1.00. The summed E-state index contributed by atoms with van der Waals surface area (Å²) in [5.41, 5.74) is 0. The summed E-state index contributed by atoms with van der Waals surface area (Å²) in [4.78, 5) is 2.29. The minimum Gasteiger partial charge on any atom is -0.317 e. The number of thioether (sulfide) groups is 1. The van der Waals surface area contributed by atoms with Crippen molar-refractivity contribution in [3.05, 3.63) is 0 Å². The average molecular weight is 306 g/mol. The van der Waals surface area contributed by atoms with Gasteiger partial charge in [-0.3, -0.25) is 4.90 Å². The van der Waals surface area contributed by atoms with Crippen molar-refractivity contribution in [1.82, 2.24) is 10.2 Å². The van der Waals surface area contributed by atoms with Gasteiger partial charge in [0.15, 0.2) is 9.84 Å². The second-order valence-corrected chi connectivity index (χ2v) is 9.03. The molecule has 1 N–H and O–H groups in total. The zero-order valence-electron chi connectivity index (χ0n) is 12.0. The van der Waals surface area contributed by atoms with E-state index in [1.54, 1.807) is 18.7 Å². The van der Waals surface area contributed by atoms with Gasteiger partial charge >= 0.3 is 0 Å². The fourth-order valence-corrected chi connectivity index (χ4v) is 6.11. The lowest BCUT2D eigenvalue weighted by atomic mass is 9.78. The molecule has 2 fully saturated rings. The van der Waals surface area contributed by atoms with Crippen molar-refractivity contribution in [3.63, 3.8) is 0 Å². The summed E-state index contributed by atoms with van der Waals surface area (Å²) in [6.45, 7) is 6.85. The predicted octanol–water partition coefficient (Wildman–Crippen LogP) is 1.18. The molecule has 112 valence electrons. The van der Waals surface area contributed by atoms with Crippen molar-refractivity contribution in [1.29, 1.82) is 0 Å². The van der Waals surface area contributed by atoms with Gasteiger partial charge in [-0.05, 0) is 31.8 Å². The zero-order valence-corrected chi connectivity index (χ0v) is 13.6. The second-order valence-electron chi connectivity index (χ2n) is 5.43. The number of hydrogen-bond donors (Lipinski definition) is 1. The molecule has 1 aliphatic heterocycles. The molecular weight excluding hydrogens is 280 g/mol. The topological polar surface area (TPSA) is 49.4 Å². The second kappa shape index (κ2) is 6.78. The number of rotatable bonds is 6. The normalized spacial score (nSPS) is 33.1. The van der Waals surface area contributed by atoms with Crippen LogP contribution in [0.5, 0.6) is 0 Å². The van der Waals surface area contributed by atoms with E-state index < -0.39 is 9.84 Å². The number of nitrogens with one attached hydrogen (secondary N) is 1. The molecule has 19 heavy (non-hydrogen) atoms. The molecule has 0 aromatic heterocycles. The molecule has 0 amide bonds. The van der Waals surface area contributed by atoms with Gasteiger partial charge in [0, 0.05) is 29.8 Å². The van der Waals surface area contributed by atoms with E-state index in [4.69, 9.17) is 0 Å². The summed E-state index contributed by atoms with van der Waals surface area (Å²) >= 11 is 1.78. The van der Waals surface area contributed by atoms with Crippen LogP contribution in [0.2, 0.25) is 0 Å². The molecular formula is C13H26N2O2S2. The first-order valence-electron chi connectivity index (χ1n) is 7.36. The highest BCUT2D eigenvalue weighted by Crippen LogP contribution is 2.36. The smallest absolute Gasteiger partial charge is 0.166 e. The van der Waals surface area contributed by atoms with Crippen molar-refractivity contribution < 1.29 is 8.42 Å². The molecule has 3 atom stereocenters. The Kier molecular flexibility index (Phi) is 5.57. The summed E-state index contributed by atoms with van der Waals surface area (Å²) in [6, 6.07) is 0.478. The van der Waals surface area contributed by atoms with E-state index in [-0.39, 0.29) is 11.1 Å². The van der Waals surface area contributed by atoms with Gasteiger partial charge in [-0.2, -0.15) is 11.8 Å². The van der Waals surface area contributed by atoms with Gasteiger partial charge < -0.3 is 5.32 Å². The Balaban J connectivity index is 2.04. The average Bonchev–Trinajstić information content (AvgIpc) is 2.38. The molecule has 0 radical (unpaired) electrons. The maximum Gasteiger partial charge on any atom is 0.166 e. The van der Waals surface area contributed by atoms with E-state index in [0.29, 0.717) is 12.0 Å². The molecule has 1 saturated carbocycles. The highest BCUT2D eigenvalue weighted by Gasteiger charge is 2.43. The van der Waals surface area contributed by atoms with Gasteiger partial charge in [0.25, 0.3) is 0 Å². The lowest BCUT2D eigenvalue weighted by Gasteiger charge is -2.49. The van der Waals surface area contributed by atoms with Crippen LogP contribution >= 0.6 is 11.8 Å². The van der Waals surface area contributed by atoms with E-state index in [0.717, 1.165) is 37.6 Å². The Morgan fingerprint density at radius 3 is 2.68 bits per heavy atom. The summed E-state index contributed by atoms with van der Waals surface area (Å²) in [5.74, 6) is 2.72. The third-order valence-electron chi connectivity index (χ3n) is 4.40. The Hall–Kier alpha value is 0.220. The maximum absolute atomic E-state index is 12.3. The van der Waals surface area contributed by atoms with Crippen LogP contribution < -0.4 is 5.32 Å². The zero-order chi connectivity index (χ0) is 13.9. The summed E-state index contributed by atoms with van der Waals surface area (Å²) in [6.07, 6.45) is 2.40. The van der Waals surface area contributed by atoms with Gasteiger partial charge in [-0.1, -0.05) is 13.8 Å². The van der Waals surface area contributed by atoms with Crippen molar-refractivity contribution in [2.75, 3.05) is 36.9 Å². The van der Waals surface area contributed by atoms with Crippen molar-refractivity contribution >= 4 is 21.6 Å². The first kappa shape index (κ1) is 15.6. The van der Waals surface area contributed by atoms with E-state index in [1.807, 2.05) is 0 Å². The first-order chi connectivity index (χ1) is 9.10. The Morgan fingerprint density at radius 2 is 2.11 bits per heavy atom. The molecule has 1 saturated heterocycles. The van der Waals surface area contributed by atoms with Crippen LogP contribution in [0.15, 0.2) is 0 Å². The van der Waals surface area contributed by atoms with Crippen molar-refractivity contribution in [2.24, 2.45) is 5.92 Å². The van der Waals surface area contributed by atoms with E-state index in [1.165, 1.54) is 6.42 Å². The number of nitrogens with zero attached hydrogens (tertiary/aromatic N) is 1. The Morgan fingerprint density at radius 1 is 1.32 bits per heavy atom. The maximum atomic E-state index is 12.3. The monoisotopic (exact) mass is 306 g/mol. The SMILES string of the molecule is CCNCC1CCC1N1CCSCC1S(=O)(=O)CC. The van der Waals surface area contributed by atoms with Gasteiger partial charge in [-0.15, -0.1) is 0 Å². The molecule has 4 nitrogen and oxygen atoms in total. The number of sulfone groups is 1. The molecule has 2 aliphatic rings. The van der Waals surface area contributed by atoms with Crippen molar-refractivity contribution in [3.8, 4) is 0 Å². The molecule has 1 heterocycles. The Labute approximate surface area is 121 Å². The van der Waals surface area contributed by atoms with Crippen molar-refractivity contribution in [2.45, 2.75) is 38.1 Å². The predicted molar refractivity (Wildman–Crippen MR) is 82.3 cm³/mol. The summed E-state index contributed by atoms with van der Waals surface area (Å²) in [7, 11) is -2.95. The minimum atomic E-state index is -2.95.